The molecule has 3 heterocycles. The van der Waals surface area contributed by atoms with Crippen molar-refractivity contribution in [2.45, 2.75) is 46.1 Å². The van der Waals surface area contributed by atoms with Crippen LogP contribution in [-0.2, 0) is 21.4 Å². The van der Waals surface area contributed by atoms with Gasteiger partial charge in [0.15, 0.2) is 0 Å². The lowest BCUT2D eigenvalue weighted by Gasteiger charge is -2.33. The number of hydrogen-bond acceptors (Lipinski definition) is 4. The summed E-state index contributed by atoms with van der Waals surface area (Å²) in [6, 6.07) is 2.03. The first-order valence-corrected chi connectivity index (χ1v) is 11.3. The summed E-state index contributed by atoms with van der Waals surface area (Å²) in [5, 5.41) is 4.42. The first-order valence-electron chi connectivity index (χ1n) is 9.48. The normalized spacial score (nSPS) is 22.9. The quantitative estimate of drug-likeness (QED) is 0.772. The monoisotopic (exact) mass is 382 g/mol. The predicted molar refractivity (Wildman–Crippen MR) is 100 cm³/mol. The topological polar surface area (TPSA) is 75.5 Å². The van der Waals surface area contributed by atoms with Crippen LogP contribution in [0, 0.1) is 25.7 Å². The van der Waals surface area contributed by atoms with Crippen LogP contribution in [0.3, 0.4) is 0 Å². The van der Waals surface area contributed by atoms with Crippen LogP contribution in [-0.4, -0.2) is 65.7 Å². The number of aryl methyl sites for hydroxylation is 3. The van der Waals surface area contributed by atoms with Crippen LogP contribution in [0.1, 0.15) is 37.1 Å². The average molecular weight is 383 g/mol. The number of carbonyl (C=O) groups excluding carboxylic acids is 1. The average Bonchev–Trinajstić information content (AvgIpc) is 3.19. The van der Waals surface area contributed by atoms with Crippen LogP contribution in [0.5, 0.6) is 0 Å². The van der Waals surface area contributed by atoms with Crippen molar-refractivity contribution < 1.29 is 13.2 Å². The Morgan fingerprint density at radius 2 is 1.81 bits per heavy atom. The van der Waals surface area contributed by atoms with Gasteiger partial charge < -0.3 is 4.90 Å². The Morgan fingerprint density at radius 1 is 1.15 bits per heavy atom. The van der Waals surface area contributed by atoms with Gasteiger partial charge in [0.25, 0.3) is 0 Å². The predicted octanol–water partition coefficient (Wildman–Crippen LogP) is 1.41. The first kappa shape index (κ1) is 19.4. The molecular formula is C18H30N4O3S. The molecule has 26 heavy (non-hydrogen) atoms. The van der Waals surface area contributed by atoms with Crippen molar-refractivity contribution in [3.63, 3.8) is 0 Å². The maximum atomic E-state index is 12.5. The van der Waals surface area contributed by atoms with Crippen molar-refractivity contribution >= 4 is 15.9 Å². The van der Waals surface area contributed by atoms with E-state index in [1.807, 2.05) is 29.5 Å². The summed E-state index contributed by atoms with van der Waals surface area (Å²) < 4.78 is 26.8. The molecule has 0 aliphatic carbocycles. The highest BCUT2D eigenvalue weighted by Gasteiger charge is 2.35. The molecule has 146 valence electrons. The van der Waals surface area contributed by atoms with Crippen molar-refractivity contribution in [1.29, 1.82) is 0 Å². The minimum atomic E-state index is -3.07. The first-order chi connectivity index (χ1) is 12.2. The SMILES string of the molecule is Cc1cc(C)n(CCC(=O)N2CCC(C3CCN(S(C)(=O)=O)CC3)C2)n1. The fourth-order valence-corrected chi connectivity index (χ4v) is 5.21. The molecule has 1 unspecified atom stereocenters. The summed E-state index contributed by atoms with van der Waals surface area (Å²) in [6.45, 7) is 7.49. The minimum Gasteiger partial charge on any atom is -0.342 e. The van der Waals surface area contributed by atoms with Crippen molar-refractivity contribution in [3.8, 4) is 0 Å². The van der Waals surface area contributed by atoms with Gasteiger partial charge in [0.05, 0.1) is 11.9 Å². The van der Waals surface area contributed by atoms with Gasteiger partial charge in [0.2, 0.25) is 15.9 Å². The Bertz CT molecular complexity index is 750. The zero-order valence-corrected chi connectivity index (χ0v) is 16.8. The van der Waals surface area contributed by atoms with Crippen LogP contribution in [0.25, 0.3) is 0 Å². The molecule has 1 aromatic rings. The number of amides is 1. The number of nitrogens with zero attached hydrogens (tertiary/aromatic N) is 4. The summed E-state index contributed by atoms with van der Waals surface area (Å²) in [5.41, 5.74) is 2.07. The molecule has 2 aliphatic rings. The zero-order valence-electron chi connectivity index (χ0n) is 16.0. The lowest BCUT2D eigenvalue weighted by atomic mass is 9.84. The van der Waals surface area contributed by atoms with Gasteiger partial charge in [0.1, 0.15) is 0 Å². The lowest BCUT2D eigenvalue weighted by Crippen LogP contribution is -2.40. The standard InChI is InChI=1S/C18H30N4O3S/c1-14-12-15(2)22(19-14)11-7-18(23)20-8-4-17(13-20)16-5-9-21(10-6-16)26(3,24)25/h12,16-17H,4-11,13H2,1-3H3. The van der Waals surface area contributed by atoms with Gasteiger partial charge in [0, 0.05) is 44.8 Å². The largest absolute Gasteiger partial charge is 0.342 e. The van der Waals surface area contributed by atoms with E-state index >= 15 is 0 Å². The Balaban J connectivity index is 1.46. The van der Waals surface area contributed by atoms with Gasteiger partial charge in [-0.2, -0.15) is 5.10 Å². The Hall–Kier alpha value is -1.41. The maximum Gasteiger partial charge on any atom is 0.224 e. The molecule has 0 N–H and O–H groups in total. The Kier molecular flexibility index (Phi) is 5.72. The van der Waals surface area contributed by atoms with E-state index in [-0.39, 0.29) is 5.91 Å². The van der Waals surface area contributed by atoms with E-state index in [9.17, 15) is 13.2 Å². The number of piperidine rings is 1. The molecule has 2 saturated heterocycles. The van der Waals surface area contributed by atoms with E-state index in [0.29, 0.717) is 37.9 Å². The highest BCUT2D eigenvalue weighted by molar-refractivity contribution is 7.88. The second-order valence-electron chi connectivity index (χ2n) is 7.79. The number of rotatable bonds is 5. The molecule has 7 nitrogen and oxygen atoms in total. The van der Waals surface area contributed by atoms with Crippen LogP contribution in [0.15, 0.2) is 6.07 Å². The van der Waals surface area contributed by atoms with E-state index in [0.717, 1.165) is 43.7 Å². The smallest absolute Gasteiger partial charge is 0.224 e. The molecular weight excluding hydrogens is 352 g/mol. The molecule has 1 atom stereocenters. The summed E-state index contributed by atoms with van der Waals surface area (Å²) in [5.74, 6) is 1.24. The molecule has 0 bridgehead atoms. The number of carbonyl (C=O) groups is 1. The number of sulfonamides is 1. The lowest BCUT2D eigenvalue weighted by molar-refractivity contribution is -0.130. The third-order valence-electron chi connectivity index (χ3n) is 5.85. The van der Waals surface area contributed by atoms with Crippen LogP contribution in [0.2, 0.25) is 0 Å². The second kappa shape index (κ2) is 7.68. The van der Waals surface area contributed by atoms with Crippen molar-refractivity contribution in [2.75, 3.05) is 32.4 Å². The number of aromatic nitrogens is 2. The molecule has 0 saturated carbocycles. The molecule has 0 aromatic carbocycles. The van der Waals surface area contributed by atoms with Crippen LogP contribution in [0.4, 0.5) is 0 Å². The summed E-state index contributed by atoms with van der Waals surface area (Å²) in [6.07, 6.45) is 4.62. The Labute approximate surface area is 156 Å². The van der Waals surface area contributed by atoms with Crippen LogP contribution < -0.4 is 0 Å². The van der Waals surface area contributed by atoms with Crippen LogP contribution >= 0.6 is 0 Å². The third kappa shape index (κ3) is 4.46. The Morgan fingerprint density at radius 3 is 2.38 bits per heavy atom. The van der Waals surface area contributed by atoms with E-state index in [4.69, 9.17) is 0 Å². The van der Waals surface area contributed by atoms with Crippen molar-refractivity contribution in [1.82, 2.24) is 19.0 Å². The molecule has 1 amide bonds. The number of likely N-dealkylation sites (tertiary alicyclic amines) is 1. The molecule has 2 aliphatic heterocycles. The van der Waals surface area contributed by atoms with Crippen molar-refractivity contribution in [3.05, 3.63) is 17.5 Å². The zero-order chi connectivity index (χ0) is 18.9. The highest BCUT2D eigenvalue weighted by atomic mass is 32.2. The molecule has 1 aromatic heterocycles. The second-order valence-corrected chi connectivity index (χ2v) is 9.77. The summed E-state index contributed by atoms with van der Waals surface area (Å²) >= 11 is 0. The van der Waals surface area contributed by atoms with Gasteiger partial charge in [-0.3, -0.25) is 9.48 Å². The van der Waals surface area contributed by atoms with Gasteiger partial charge in [-0.15, -0.1) is 0 Å². The molecule has 8 heteroatoms. The summed E-state index contributed by atoms with van der Waals surface area (Å²) in [7, 11) is -3.07. The molecule has 3 rings (SSSR count). The third-order valence-corrected chi connectivity index (χ3v) is 7.16. The maximum absolute atomic E-state index is 12.5. The van der Waals surface area contributed by atoms with Gasteiger partial charge in [-0.05, 0) is 51.0 Å². The fraction of sp³-hybridized carbons (Fsp3) is 0.778. The molecule has 0 spiro atoms. The van der Waals surface area contributed by atoms with Gasteiger partial charge in [-0.1, -0.05) is 0 Å². The van der Waals surface area contributed by atoms with E-state index in [1.165, 1.54) is 6.26 Å². The molecule has 2 fully saturated rings. The van der Waals surface area contributed by atoms with E-state index < -0.39 is 10.0 Å². The highest BCUT2D eigenvalue weighted by Crippen LogP contribution is 2.32. The summed E-state index contributed by atoms with van der Waals surface area (Å²) in [4.78, 5) is 14.5. The van der Waals surface area contributed by atoms with E-state index in [1.54, 1.807) is 4.31 Å². The fourth-order valence-electron chi connectivity index (χ4n) is 4.34. The molecule has 0 radical (unpaired) electrons. The van der Waals surface area contributed by atoms with E-state index in [2.05, 4.69) is 5.10 Å². The number of hydrogen-bond donors (Lipinski definition) is 0. The van der Waals surface area contributed by atoms with Gasteiger partial charge in [-0.25, -0.2) is 12.7 Å². The van der Waals surface area contributed by atoms with Gasteiger partial charge >= 0.3 is 0 Å². The van der Waals surface area contributed by atoms with Crippen molar-refractivity contribution in [2.24, 2.45) is 11.8 Å². The minimum absolute atomic E-state index is 0.202.